The maximum atomic E-state index is 14.6. The summed E-state index contributed by atoms with van der Waals surface area (Å²) in [6.45, 7) is 13.4. The Kier molecular flexibility index (Phi) is 18.7. The van der Waals surface area contributed by atoms with E-state index >= 15 is 0 Å². The maximum Gasteiger partial charge on any atom is 0.316 e. The lowest BCUT2D eigenvalue weighted by molar-refractivity contribution is -0.288. The Morgan fingerprint density at radius 3 is 2.35 bits per heavy atom. The molecule has 388 valence electrons. The van der Waals surface area contributed by atoms with Crippen molar-refractivity contribution in [2.45, 2.75) is 172 Å². The number of amides is 1. The molecule has 2 bridgehead atoms. The number of fused-ring (bicyclic) bond motifs is 5. The number of carbonyl (C=O) groups is 3. The van der Waals surface area contributed by atoms with Crippen molar-refractivity contribution in [3.05, 3.63) is 41.7 Å². The summed E-state index contributed by atoms with van der Waals surface area (Å²) in [5.74, 6) is -5.57. The van der Waals surface area contributed by atoms with E-state index in [-0.39, 0.29) is 37.0 Å². The van der Waals surface area contributed by atoms with Crippen LogP contribution in [0.25, 0.3) is 0 Å². The van der Waals surface area contributed by atoms with Gasteiger partial charge in [-0.25, -0.2) is 22.5 Å². The molecule has 18 nitrogen and oxygen atoms in total. The number of Topliss-reactive ketones (excluding diaryl/α,β-unsaturated/α-hetero) is 1. The molecule has 1 aromatic heterocycles. The fourth-order valence-electron chi connectivity index (χ4n) is 10.7. The molecule has 1 aromatic carbocycles. The lowest BCUT2D eigenvalue weighted by Gasteiger charge is -2.48. The highest BCUT2D eigenvalue weighted by Gasteiger charge is 2.53. The van der Waals surface area contributed by atoms with Crippen molar-refractivity contribution >= 4 is 33.2 Å². The van der Waals surface area contributed by atoms with E-state index in [1.54, 1.807) is 39.1 Å². The average Bonchev–Trinajstić information content (AvgIpc) is 3.77. The molecule has 3 aliphatic heterocycles. The molecular weight excluding hydrogens is 918 g/mol. The molecule has 3 saturated heterocycles. The molecule has 4 heterocycles. The predicted molar refractivity (Wildman–Crippen MR) is 253 cm³/mol. The molecule has 20 heteroatoms. The second-order valence-corrected chi connectivity index (χ2v) is 22.7. The van der Waals surface area contributed by atoms with Crippen LogP contribution in [0.2, 0.25) is 0 Å². The molecule has 0 aliphatic carbocycles. The maximum absolute atomic E-state index is 14.6. The normalized spacial score (nSPS) is 36.6. The zero-order chi connectivity index (χ0) is 51.4. The Morgan fingerprint density at radius 1 is 1.09 bits per heavy atom. The number of rotatable bonds is 13. The van der Waals surface area contributed by atoms with Crippen molar-refractivity contribution in [1.82, 2.24) is 19.9 Å². The molecule has 3 fully saturated rings. The van der Waals surface area contributed by atoms with Gasteiger partial charge in [0.05, 0.1) is 48.2 Å². The summed E-state index contributed by atoms with van der Waals surface area (Å²) in [6.07, 6.45) is -2.28. The van der Waals surface area contributed by atoms with E-state index in [1.807, 2.05) is 32.7 Å². The molecule has 69 heavy (non-hydrogen) atoms. The summed E-state index contributed by atoms with van der Waals surface area (Å²) in [6, 6.07) is 5.08. The number of sulfone groups is 1. The molecule has 1 unspecified atom stereocenters. The predicted octanol–water partition coefficient (Wildman–Crippen LogP) is 3.65. The van der Waals surface area contributed by atoms with Crippen molar-refractivity contribution in [3.8, 4) is 0 Å². The van der Waals surface area contributed by atoms with E-state index in [1.165, 1.54) is 37.6 Å². The third-order valence-corrected chi connectivity index (χ3v) is 15.9. The summed E-state index contributed by atoms with van der Waals surface area (Å²) >= 11 is 0. The molecule has 0 radical (unpaired) electrons. The topological polar surface area (TPSA) is 249 Å². The molecule has 4 N–H and O–H groups in total. The Labute approximate surface area is 406 Å². The van der Waals surface area contributed by atoms with Crippen molar-refractivity contribution in [1.29, 1.82) is 0 Å². The first-order chi connectivity index (χ1) is 32.2. The van der Waals surface area contributed by atoms with Crippen molar-refractivity contribution in [2.75, 3.05) is 39.7 Å². The molecule has 0 spiro atoms. The summed E-state index contributed by atoms with van der Waals surface area (Å²) < 4.78 is 65.3. The van der Waals surface area contributed by atoms with E-state index in [4.69, 9.17) is 18.9 Å². The Bertz CT molecular complexity index is 2230. The highest BCUT2D eigenvalue weighted by Crippen LogP contribution is 2.46. The van der Waals surface area contributed by atoms with Gasteiger partial charge >= 0.3 is 5.97 Å². The third kappa shape index (κ3) is 13.3. The number of benzene rings is 1. The van der Waals surface area contributed by atoms with Crippen molar-refractivity contribution in [3.63, 3.8) is 0 Å². The first-order valence-corrected chi connectivity index (χ1v) is 26.0. The number of hydrogen-bond donors (Lipinski definition) is 4. The molecule has 1 amide bonds. The summed E-state index contributed by atoms with van der Waals surface area (Å²) in [7, 11) is -1.54. The van der Waals surface area contributed by atoms with Crippen molar-refractivity contribution < 1.29 is 66.6 Å². The van der Waals surface area contributed by atoms with Gasteiger partial charge in [-0.05, 0) is 95.4 Å². The highest BCUT2D eigenvalue weighted by molar-refractivity contribution is 7.90. The lowest BCUT2D eigenvalue weighted by atomic mass is 9.65. The van der Waals surface area contributed by atoms with Gasteiger partial charge in [0.25, 0.3) is 0 Å². The van der Waals surface area contributed by atoms with Crippen LogP contribution < -0.4 is 0 Å². The van der Waals surface area contributed by atoms with Crippen LogP contribution in [-0.2, 0) is 56.0 Å². The Balaban J connectivity index is 1.46. The number of aromatic nitrogens is 3. The van der Waals surface area contributed by atoms with Gasteiger partial charge in [0.15, 0.2) is 21.9 Å². The third-order valence-electron chi connectivity index (χ3n) is 14.8. The van der Waals surface area contributed by atoms with Gasteiger partial charge in [-0.15, -0.1) is 5.10 Å². The molecule has 2 aromatic rings. The van der Waals surface area contributed by atoms with E-state index in [2.05, 4.69) is 15.3 Å². The quantitative estimate of drug-likeness (QED) is 0.165. The van der Waals surface area contributed by atoms with E-state index < -0.39 is 137 Å². The van der Waals surface area contributed by atoms with Gasteiger partial charge in [-0.3, -0.25) is 14.4 Å². The van der Waals surface area contributed by atoms with Gasteiger partial charge < -0.3 is 44.3 Å². The first kappa shape index (κ1) is 56.3. The minimum absolute atomic E-state index is 0.0525. The highest BCUT2D eigenvalue weighted by atomic mass is 32.2. The lowest BCUT2D eigenvalue weighted by Crippen LogP contribution is -2.59. The number of cyclic esters (lactones) is 1. The first-order valence-electron chi connectivity index (χ1n) is 24.1. The molecule has 15 atom stereocenters. The number of ether oxygens (including phenoxy) is 4. The Morgan fingerprint density at radius 2 is 1.75 bits per heavy atom. The number of esters is 1. The largest absolute Gasteiger partial charge is 0.459 e. The number of ketones is 1. The van der Waals surface area contributed by atoms with Crippen LogP contribution in [0, 0.1) is 29.1 Å². The van der Waals surface area contributed by atoms with Crippen LogP contribution in [-0.4, -0.2) is 166 Å². The van der Waals surface area contributed by atoms with Crippen LogP contribution in [0.4, 0.5) is 4.39 Å². The number of halogens is 1. The summed E-state index contributed by atoms with van der Waals surface area (Å²) in [4.78, 5) is 48.0. The minimum Gasteiger partial charge on any atom is -0.459 e. The fourth-order valence-corrected chi connectivity index (χ4v) is 11.3. The summed E-state index contributed by atoms with van der Waals surface area (Å²) in [5.41, 5.74) is -3.18. The summed E-state index contributed by atoms with van der Waals surface area (Å²) in [5, 5.41) is 55.6. The number of aliphatic hydroxyl groups excluding tert-OH is 2. The van der Waals surface area contributed by atoms with Gasteiger partial charge in [0.2, 0.25) is 5.91 Å². The monoisotopic (exact) mass is 994 g/mol. The van der Waals surface area contributed by atoms with Gasteiger partial charge in [0.1, 0.15) is 36.0 Å². The second-order valence-electron chi connectivity index (χ2n) is 20.7. The van der Waals surface area contributed by atoms with E-state index in [0.717, 1.165) is 11.8 Å². The number of hydrogen-bond acceptors (Lipinski definition) is 16. The van der Waals surface area contributed by atoms with E-state index in [9.17, 15) is 47.6 Å². The average molecular weight is 994 g/mol. The van der Waals surface area contributed by atoms with Crippen LogP contribution >= 0.6 is 0 Å². The van der Waals surface area contributed by atoms with Crippen LogP contribution in [0.15, 0.2) is 40.4 Å². The zero-order valence-electron chi connectivity index (χ0n) is 42.1. The molecular formula is C49H76FN5O13S. The van der Waals surface area contributed by atoms with Crippen molar-refractivity contribution in [2.24, 2.45) is 34.1 Å². The van der Waals surface area contributed by atoms with Crippen LogP contribution in [0.3, 0.4) is 0 Å². The van der Waals surface area contributed by atoms with Crippen LogP contribution in [0.1, 0.15) is 112 Å². The number of likely N-dealkylation sites (N-methyl/N-ethyl adjacent to an activating group) is 1. The van der Waals surface area contributed by atoms with Gasteiger partial charge in [-0.1, -0.05) is 52.0 Å². The number of aliphatic imine (C=N–C) groups is 1. The van der Waals surface area contributed by atoms with Gasteiger partial charge in [-0.2, -0.15) is 0 Å². The smallest absolute Gasteiger partial charge is 0.316 e. The molecule has 5 rings (SSSR count). The molecule has 3 aliphatic rings. The SMILES string of the molecule is CC[C@H]1OC(=O)[C@H](C)C(=O)[C@H](C)[C@@H](O[C@@H]2O[C@H](C)C[C@H](N(C)CCc3cn([C@H](CF)Cc4ccc(S(C)(=O)=O)cc4)nn3)[C@H]2O)[C@]2(C)CCC(O)(CO)CO[C@H]([C@@H](C)/C(=N/C(C)=O)[C@H](C)C2)[C@]1(C)O. The van der Waals surface area contributed by atoms with Gasteiger partial charge in [0, 0.05) is 55.9 Å². The second kappa shape index (κ2) is 22.9. The zero-order valence-corrected chi connectivity index (χ0v) is 42.9. The minimum atomic E-state index is -3.38. The molecule has 0 saturated carbocycles. The number of nitrogens with zero attached hydrogens (tertiary/aromatic N) is 5. The Hall–Kier alpha value is -3.60. The van der Waals surface area contributed by atoms with E-state index in [0.29, 0.717) is 30.8 Å². The number of aliphatic hydroxyl groups is 4. The number of carbonyl (C=O) groups excluding carboxylic acids is 3. The van der Waals surface area contributed by atoms with Crippen LogP contribution in [0.5, 0.6) is 0 Å². The fraction of sp³-hybridized carbons (Fsp3) is 0.755. The number of alkyl halides is 1. The standard InChI is InChI=1S/C49H76FN5O13S/c1-12-39-48(9,61)44-30(4)40(51-33(7)57)28(2)23-47(8,18-19-49(62,26-56)27-65-44)43(31(5)41(58)32(6)45(60)67-39)68-46-42(59)38(21-29(3)66-46)54(10)20-17-35-25-55(53-52-35)36(24-50)22-34-13-15-37(16-14-34)69(11,63)64/h13-16,25,28-32,36,38-39,42-44,46,56,59,61-62H,12,17-24,26-27H2,1-11H3/b51-40+/t28-,29-,30+,31+,32-,36+,38+,39-,42-,43-,44-,46+,47-,48-,49?/m1/s1.